The van der Waals surface area contributed by atoms with Gasteiger partial charge in [0.05, 0.1) is 0 Å². The van der Waals surface area contributed by atoms with Gasteiger partial charge >= 0.3 is 12.0 Å². The summed E-state index contributed by atoms with van der Waals surface area (Å²) >= 11 is 5.88. The molecule has 0 aliphatic carbocycles. The number of hydrogen-bond donors (Lipinski definition) is 0. The van der Waals surface area contributed by atoms with Crippen LogP contribution in [0.4, 0.5) is 5.95 Å². The van der Waals surface area contributed by atoms with E-state index in [0.29, 0.717) is 5.95 Å². The van der Waals surface area contributed by atoms with E-state index in [-0.39, 0.29) is 17.3 Å². The first-order valence-corrected chi connectivity index (χ1v) is 6.28. The van der Waals surface area contributed by atoms with E-state index < -0.39 is 0 Å². The molecule has 1 aliphatic rings. The Kier molecular flexibility index (Phi) is 3.16. The van der Waals surface area contributed by atoms with Crippen molar-refractivity contribution in [3.63, 3.8) is 0 Å². The summed E-state index contributed by atoms with van der Waals surface area (Å²) in [6.45, 7) is 1.84. The lowest BCUT2D eigenvalue weighted by Gasteiger charge is -2.14. The Morgan fingerprint density at radius 1 is 1.16 bits per heavy atom. The van der Waals surface area contributed by atoms with Gasteiger partial charge in [0, 0.05) is 20.1 Å². The van der Waals surface area contributed by atoms with Gasteiger partial charge in [0.1, 0.15) is 6.33 Å². The molecule has 0 radical (unpaired) electrons. The minimum atomic E-state index is 0.0998. The van der Waals surface area contributed by atoms with E-state index in [1.54, 1.807) is 7.05 Å². The fraction of sp³-hybridized carbons (Fsp3) is 0.500. The topological polar surface area (TPSA) is 81.9 Å². The molecule has 1 saturated heterocycles. The highest BCUT2D eigenvalue weighted by molar-refractivity contribution is 6.28. The average molecular weight is 282 g/mol. The number of aromatic nitrogens is 6. The molecule has 0 saturated carbocycles. The Morgan fingerprint density at radius 3 is 2.63 bits per heavy atom. The quantitative estimate of drug-likeness (QED) is 0.831. The van der Waals surface area contributed by atoms with Crippen LogP contribution in [-0.4, -0.2) is 42.8 Å². The van der Waals surface area contributed by atoms with Crippen LogP contribution in [0.2, 0.25) is 5.28 Å². The summed E-state index contributed by atoms with van der Waals surface area (Å²) in [5.74, 6) is 0.531. The molecule has 0 spiro atoms. The lowest BCUT2D eigenvalue weighted by molar-refractivity contribution is 0.403. The number of ether oxygens (including phenoxy) is 1. The highest BCUT2D eigenvalue weighted by atomic mass is 35.5. The third-order valence-corrected chi connectivity index (χ3v) is 2.89. The van der Waals surface area contributed by atoms with E-state index in [0.717, 1.165) is 25.9 Å². The van der Waals surface area contributed by atoms with Crippen molar-refractivity contribution in [2.24, 2.45) is 7.05 Å². The van der Waals surface area contributed by atoms with Gasteiger partial charge in [-0.3, -0.25) is 4.68 Å². The van der Waals surface area contributed by atoms with Gasteiger partial charge in [0.2, 0.25) is 11.2 Å². The molecular weight excluding hydrogens is 270 g/mol. The average Bonchev–Trinajstić information content (AvgIpc) is 3.00. The van der Waals surface area contributed by atoms with Crippen molar-refractivity contribution in [3.8, 4) is 12.0 Å². The normalized spacial score (nSPS) is 14.9. The zero-order chi connectivity index (χ0) is 13.2. The van der Waals surface area contributed by atoms with Crippen molar-refractivity contribution in [1.29, 1.82) is 0 Å². The summed E-state index contributed by atoms with van der Waals surface area (Å²) in [5.41, 5.74) is 0. The fourth-order valence-corrected chi connectivity index (χ4v) is 2.02. The molecule has 100 valence electrons. The highest BCUT2D eigenvalue weighted by Gasteiger charge is 2.18. The van der Waals surface area contributed by atoms with Gasteiger partial charge in [-0.15, -0.1) is 5.10 Å². The lowest BCUT2D eigenvalue weighted by Crippen LogP contribution is -2.21. The van der Waals surface area contributed by atoms with Crippen LogP contribution in [0.1, 0.15) is 12.8 Å². The Bertz CT molecular complexity index is 581. The third-order valence-electron chi connectivity index (χ3n) is 2.73. The Balaban J connectivity index is 1.84. The number of rotatable bonds is 3. The fourth-order valence-electron chi connectivity index (χ4n) is 1.87. The molecule has 19 heavy (non-hydrogen) atoms. The van der Waals surface area contributed by atoms with Gasteiger partial charge in [0.15, 0.2) is 0 Å². The maximum absolute atomic E-state index is 5.88. The molecule has 9 heteroatoms. The molecule has 0 amide bonds. The van der Waals surface area contributed by atoms with Crippen molar-refractivity contribution in [3.05, 3.63) is 11.6 Å². The molecule has 0 bridgehead atoms. The summed E-state index contributed by atoms with van der Waals surface area (Å²) < 4.78 is 6.89. The van der Waals surface area contributed by atoms with Crippen LogP contribution in [0.5, 0.6) is 12.0 Å². The smallest absolute Gasteiger partial charge is 0.343 e. The predicted octanol–water partition coefficient (Wildman–Crippen LogP) is 1.05. The van der Waals surface area contributed by atoms with Gasteiger partial charge in [-0.2, -0.15) is 19.9 Å². The number of halogens is 1. The molecular formula is C10H12ClN7O. The second-order valence-corrected chi connectivity index (χ2v) is 4.52. The summed E-state index contributed by atoms with van der Waals surface area (Å²) in [5, 5.41) is 4.09. The van der Waals surface area contributed by atoms with E-state index in [1.165, 1.54) is 11.0 Å². The minimum absolute atomic E-state index is 0.0998. The molecule has 0 aromatic carbocycles. The van der Waals surface area contributed by atoms with Gasteiger partial charge in [-0.1, -0.05) is 0 Å². The van der Waals surface area contributed by atoms with Gasteiger partial charge in [0.25, 0.3) is 0 Å². The first kappa shape index (κ1) is 12.1. The maximum atomic E-state index is 5.88. The zero-order valence-electron chi connectivity index (χ0n) is 10.3. The van der Waals surface area contributed by atoms with Gasteiger partial charge in [-0.25, -0.2) is 0 Å². The second kappa shape index (κ2) is 4.96. The van der Waals surface area contributed by atoms with E-state index in [2.05, 4.69) is 25.0 Å². The van der Waals surface area contributed by atoms with Crippen LogP contribution in [0.15, 0.2) is 6.33 Å². The Labute approximate surface area is 114 Å². The maximum Gasteiger partial charge on any atom is 0.343 e. The standard InChI is InChI=1S/C10H12ClN7O/c1-17-6-12-9(16-17)19-10-14-7(11)13-8(15-10)18-4-2-3-5-18/h6H,2-5H2,1H3. The van der Waals surface area contributed by atoms with Crippen LogP contribution in [0.25, 0.3) is 0 Å². The number of hydrogen-bond acceptors (Lipinski definition) is 7. The molecule has 0 N–H and O–H groups in total. The zero-order valence-corrected chi connectivity index (χ0v) is 11.1. The molecule has 8 nitrogen and oxygen atoms in total. The largest absolute Gasteiger partial charge is 0.387 e. The molecule has 0 atom stereocenters. The van der Waals surface area contributed by atoms with Crippen LogP contribution in [0, 0.1) is 0 Å². The first-order valence-electron chi connectivity index (χ1n) is 5.91. The highest BCUT2D eigenvalue weighted by Crippen LogP contribution is 2.21. The van der Waals surface area contributed by atoms with Crippen molar-refractivity contribution in [2.45, 2.75) is 12.8 Å². The SMILES string of the molecule is Cn1cnc(Oc2nc(Cl)nc(N3CCCC3)n2)n1. The monoisotopic (exact) mass is 281 g/mol. The van der Waals surface area contributed by atoms with Crippen molar-refractivity contribution in [1.82, 2.24) is 29.7 Å². The molecule has 1 fully saturated rings. The Morgan fingerprint density at radius 2 is 1.95 bits per heavy atom. The molecule has 2 aromatic heterocycles. The van der Waals surface area contributed by atoms with E-state index in [4.69, 9.17) is 16.3 Å². The third kappa shape index (κ3) is 2.73. The first-order chi connectivity index (χ1) is 9.20. The van der Waals surface area contributed by atoms with Crippen LogP contribution in [0.3, 0.4) is 0 Å². The molecule has 2 aromatic rings. The molecule has 3 rings (SSSR count). The summed E-state index contributed by atoms with van der Waals surface area (Å²) in [7, 11) is 1.75. The van der Waals surface area contributed by atoms with E-state index >= 15 is 0 Å². The molecule has 3 heterocycles. The predicted molar refractivity (Wildman–Crippen MR) is 67.4 cm³/mol. The number of anilines is 1. The van der Waals surface area contributed by atoms with E-state index in [9.17, 15) is 0 Å². The van der Waals surface area contributed by atoms with Gasteiger partial charge in [-0.05, 0) is 24.4 Å². The minimum Gasteiger partial charge on any atom is -0.387 e. The van der Waals surface area contributed by atoms with Crippen molar-refractivity contribution < 1.29 is 4.74 Å². The summed E-state index contributed by atoms with van der Waals surface area (Å²) in [6, 6.07) is 0.283. The summed E-state index contributed by atoms with van der Waals surface area (Å²) in [4.78, 5) is 18.2. The Hall–Kier alpha value is -1.96. The van der Waals surface area contributed by atoms with E-state index in [1.807, 2.05) is 4.90 Å². The van der Waals surface area contributed by atoms with Crippen molar-refractivity contribution >= 4 is 17.5 Å². The van der Waals surface area contributed by atoms with Gasteiger partial charge < -0.3 is 9.64 Å². The molecule has 0 unspecified atom stereocenters. The van der Waals surface area contributed by atoms with Crippen molar-refractivity contribution in [2.75, 3.05) is 18.0 Å². The van der Waals surface area contributed by atoms with Crippen LogP contribution < -0.4 is 9.64 Å². The van der Waals surface area contributed by atoms with Crippen LogP contribution >= 0.6 is 11.6 Å². The van der Waals surface area contributed by atoms with Crippen LogP contribution in [-0.2, 0) is 7.05 Å². The number of nitrogens with zero attached hydrogens (tertiary/aromatic N) is 7. The number of aryl methyl sites for hydroxylation is 1. The summed E-state index contributed by atoms with van der Waals surface area (Å²) in [6.07, 6.45) is 3.78. The lowest BCUT2D eigenvalue weighted by atomic mass is 10.4. The second-order valence-electron chi connectivity index (χ2n) is 4.18. The molecule has 1 aliphatic heterocycles.